The number of sulfonamides is 1. The topological polar surface area (TPSA) is 140 Å². The molecule has 1 aromatic carbocycles. The first-order chi connectivity index (χ1) is 13.7. The number of carbonyl (C=O) groups excluding carboxylic acids is 1. The van der Waals surface area contributed by atoms with Crippen molar-refractivity contribution in [2.75, 3.05) is 13.1 Å². The van der Waals surface area contributed by atoms with E-state index in [1.54, 1.807) is 0 Å². The fourth-order valence-electron chi connectivity index (χ4n) is 3.08. The number of hydrogen-bond acceptors (Lipinski definition) is 7. The Morgan fingerprint density at radius 2 is 1.79 bits per heavy atom. The quantitative estimate of drug-likeness (QED) is 0.442. The van der Waals surface area contributed by atoms with Crippen LogP contribution < -0.4 is 10.3 Å². The first-order valence-corrected chi connectivity index (χ1v) is 10.3. The van der Waals surface area contributed by atoms with E-state index < -0.39 is 37.9 Å². The summed E-state index contributed by atoms with van der Waals surface area (Å²) in [5.41, 5.74) is -1.59. The number of carbonyl (C=O) groups is 1. The van der Waals surface area contributed by atoms with Crippen molar-refractivity contribution in [3.05, 3.63) is 62.1 Å². The molecule has 0 bridgehead atoms. The summed E-state index contributed by atoms with van der Waals surface area (Å²) in [5.74, 6) is -1.42. The molecule has 0 radical (unpaired) electrons. The predicted octanol–water partition coefficient (Wildman–Crippen LogP) is 1.99. The number of nitrogens with one attached hydrogen (secondary N) is 1. The largest absolute Gasteiger partial charge is 0.415 e. The maximum atomic E-state index is 12.7. The highest BCUT2D eigenvalue weighted by Crippen LogP contribution is 2.25. The number of aromatic nitrogens is 1. The summed E-state index contributed by atoms with van der Waals surface area (Å²) in [4.78, 5) is 36.6. The number of piperidine rings is 1. The number of ether oxygens (including phenoxy) is 1. The van der Waals surface area contributed by atoms with Crippen molar-refractivity contribution < 1.29 is 22.9 Å². The second-order valence-electron chi connectivity index (χ2n) is 6.63. The van der Waals surface area contributed by atoms with Crippen LogP contribution >= 0.6 is 0 Å². The number of pyridine rings is 1. The molecule has 0 atom stereocenters. The average Bonchev–Trinajstić information content (AvgIpc) is 2.68. The van der Waals surface area contributed by atoms with Crippen LogP contribution in [0.15, 0.2) is 40.0 Å². The number of benzene rings is 1. The van der Waals surface area contributed by atoms with Gasteiger partial charge in [0.2, 0.25) is 15.8 Å². The molecule has 29 heavy (non-hydrogen) atoms. The minimum atomic E-state index is -3.65. The minimum absolute atomic E-state index is 0.00479. The van der Waals surface area contributed by atoms with E-state index >= 15 is 0 Å². The number of nitrogens with zero attached hydrogens (tertiary/aromatic N) is 2. The molecular formula is C18H19N3O7S. The number of H-pyrrole nitrogens is 1. The normalized spacial score (nSPS) is 15.1. The summed E-state index contributed by atoms with van der Waals surface area (Å²) < 4.78 is 31.7. The van der Waals surface area contributed by atoms with E-state index in [0.29, 0.717) is 13.1 Å². The van der Waals surface area contributed by atoms with Crippen molar-refractivity contribution in [2.45, 2.75) is 31.1 Å². The molecule has 1 aliphatic rings. The summed E-state index contributed by atoms with van der Waals surface area (Å²) in [5, 5.41) is 11.1. The third kappa shape index (κ3) is 4.35. The zero-order valence-electron chi connectivity index (χ0n) is 15.6. The predicted molar refractivity (Wildman–Crippen MR) is 102 cm³/mol. The molecule has 11 heteroatoms. The van der Waals surface area contributed by atoms with Gasteiger partial charge in [-0.2, -0.15) is 4.31 Å². The Morgan fingerprint density at radius 1 is 1.17 bits per heavy atom. The van der Waals surface area contributed by atoms with Crippen LogP contribution in [0.3, 0.4) is 0 Å². The van der Waals surface area contributed by atoms with Crippen molar-refractivity contribution in [3.8, 4) is 5.75 Å². The van der Waals surface area contributed by atoms with Crippen LogP contribution in [0, 0.1) is 17.0 Å². The van der Waals surface area contributed by atoms with E-state index in [9.17, 15) is 28.1 Å². The van der Waals surface area contributed by atoms with E-state index in [2.05, 4.69) is 4.98 Å². The van der Waals surface area contributed by atoms with Crippen LogP contribution in [0.1, 0.15) is 35.3 Å². The SMILES string of the molecule is Cc1cc(OC(=O)c2ccc(S(=O)(=O)N3CCCCC3)cc2)c([N+](=O)[O-])c(=O)[nH]1. The molecule has 1 aliphatic heterocycles. The Kier molecular flexibility index (Phi) is 5.80. The number of hydrogen-bond donors (Lipinski definition) is 1. The van der Waals surface area contributed by atoms with Crippen molar-refractivity contribution in [2.24, 2.45) is 0 Å². The van der Waals surface area contributed by atoms with Crippen LogP contribution in [0.4, 0.5) is 5.69 Å². The van der Waals surface area contributed by atoms with Crippen molar-refractivity contribution in [3.63, 3.8) is 0 Å². The van der Waals surface area contributed by atoms with Gasteiger partial charge >= 0.3 is 17.2 Å². The van der Waals surface area contributed by atoms with E-state index in [-0.39, 0.29) is 16.2 Å². The third-order valence-corrected chi connectivity index (χ3v) is 6.45. The number of nitro groups is 1. The number of rotatable bonds is 5. The Morgan fingerprint density at radius 3 is 2.38 bits per heavy atom. The first kappa shape index (κ1) is 20.7. The van der Waals surface area contributed by atoms with Gasteiger partial charge in [0.05, 0.1) is 15.4 Å². The van der Waals surface area contributed by atoms with Crippen molar-refractivity contribution in [1.29, 1.82) is 0 Å². The molecule has 154 valence electrons. The van der Waals surface area contributed by atoms with Gasteiger partial charge in [0.1, 0.15) is 0 Å². The highest BCUT2D eigenvalue weighted by molar-refractivity contribution is 7.89. The molecule has 0 unspecified atom stereocenters. The molecule has 1 aromatic heterocycles. The Balaban J connectivity index is 1.83. The van der Waals surface area contributed by atoms with Gasteiger partial charge in [0.15, 0.2) is 0 Å². The van der Waals surface area contributed by atoms with E-state index in [4.69, 9.17) is 4.74 Å². The summed E-state index contributed by atoms with van der Waals surface area (Å²) in [7, 11) is -3.65. The number of esters is 1. The molecule has 1 N–H and O–H groups in total. The van der Waals surface area contributed by atoms with Gasteiger partial charge in [0, 0.05) is 24.8 Å². The molecule has 0 saturated carbocycles. The molecule has 3 rings (SSSR count). The molecular weight excluding hydrogens is 402 g/mol. The van der Waals surface area contributed by atoms with Gasteiger partial charge in [-0.3, -0.25) is 14.9 Å². The van der Waals surface area contributed by atoms with Crippen LogP contribution in [-0.2, 0) is 10.0 Å². The molecule has 0 amide bonds. The smallest absolute Gasteiger partial charge is 0.376 e. The lowest BCUT2D eigenvalue weighted by Gasteiger charge is -2.25. The summed E-state index contributed by atoms with van der Waals surface area (Å²) in [6, 6.07) is 6.29. The third-order valence-electron chi connectivity index (χ3n) is 4.53. The van der Waals surface area contributed by atoms with Gasteiger partial charge in [-0.05, 0) is 44.0 Å². The summed E-state index contributed by atoms with van der Waals surface area (Å²) >= 11 is 0. The maximum absolute atomic E-state index is 12.7. The number of aromatic amines is 1. The van der Waals surface area contributed by atoms with Gasteiger partial charge in [-0.25, -0.2) is 13.2 Å². The van der Waals surface area contributed by atoms with Gasteiger partial charge in [-0.1, -0.05) is 6.42 Å². The Bertz CT molecular complexity index is 1100. The summed E-state index contributed by atoms with van der Waals surface area (Å²) in [6.45, 7) is 2.40. The van der Waals surface area contributed by atoms with E-state index in [1.807, 2.05) is 0 Å². The van der Waals surface area contributed by atoms with E-state index in [0.717, 1.165) is 19.3 Å². The fourth-order valence-corrected chi connectivity index (χ4v) is 4.60. The second-order valence-corrected chi connectivity index (χ2v) is 8.57. The lowest BCUT2D eigenvalue weighted by Crippen LogP contribution is -2.35. The standard InChI is InChI=1S/C18H19N3O7S/c1-12-11-15(16(21(24)25)17(22)19-12)28-18(23)13-5-7-14(8-6-13)29(26,27)20-9-3-2-4-10-20/h5-8,11H,2-4,9-10H2,1H3,(H,19,22). The van der Waals surface area contributed by atoms with Gasteiger partial charge < -0.3 is 9.72 Å². The van der Waals surface area contributed by atoms with Crippen molar-refractivity contribution >= 4 is 21.7 Å². The highest BCUT2D eigenvalue weighted by Gasteiger charge is 2.27. The van der Waals surface area contributed by atoms with Crippen LogP contribution in [0.25, 0.3) is 0 Å². The van der Waals surface area contributed by atoms with Crippen LogP contribution in [-0.4, -0.2) is 41.7 Å². The zero-order chi connectivity index (χ0) is 21.2. The molecule has 2 heterocycles. The fraction of sp³-hybridized carbons (Fsp3) is 0.333. The Hall–Kier alpha value is -3.05. The molecule has 0 aliphatic carbocycles. The maximum Gasteiger partial charge on any atom is 0.376 e. The van der Waals surface area contributed by atoms with Gasteiger partial charge in [0.25, 0.3) is 0 Å². The molecule has 10 nitrogen and oxygen atoms in total. The molecule has 0 spiro atoms. The molecule has 2 aromatic rings. The van der Waals surface area contributed by atoms with E-state index in [1.165, 1.54) is 41.6 Å². The van der Waals surface area contributed by atoms with Gasteiger partial charge in [-0.15, -0.1) is 0 Å². The van der Waals surface area contributed by atoms with Crippen LogP contribution in [0.5, 0.6) is 5.75 Å². The number of aryl methyl sites for hydroxylation is 1. The minimum Gasteiger partial charge on any atom is -0.415 e. The van der Waals surface area contributed by atoms with Crippen molar-refractivity contribution in [1.82, 2.24) is 9.29 Å². The lowest BCUT2D eigenvalue weighted by molar-refractivity contribution is -0.387. The zero-order valence-corrected chi connectivity index (χ0v) is 16.4. The van der Waals surface area contributed by atoms with Crippen LogP contribution in [0.2, 0.25) is 0 Å². The summed E-state index contributed by atoms with van der Waals surface area (Å²) in [6.07, 6.45) is 2.60. The Labute approximate surface area is 166 Å². The monoisotopic (exact) mass is 421 g/mol. The molecule has 1 saturated heterocycles. The average molecular weight is 421 g/mol. The lowest BCUT2D eigenvalue weighted by atomic mass is 10.2. The second kappa shape index (κ2) is 8.13. The molecule has 1 fully saturated rings. The first-order valence-electron chi connectivity index (χ1n) is 8.91. The highest BCUT2D eigenvalue weighted by atomic mass is 32.2.